The summed E-state index contributed by atoms with van der Waals surface area (Å²) in [7, 11) is 0. The molecule has 0 aliphatic heterocycles. The van der Waals surface area contributed by atoms with Gasteiger partial charge >= 0.3 is 0 Å². The van der Waals surface area contributed by atoms with Crippen LogP contribution >= 0.6 is 0 Å². The Morgan fingerprint density at radius 2 is 1.79 bits per heavy atom. The molecule has 0 spiro atoms. The van der Waals surface area contributed by atoms with Crippen molar-refractivity contribution < 1.29 is 0 Å². The number of imidazole rings is 1. The monoisotopic (exact) mass is 380 g/mol. The summed E-state index contributed by atoms with van der Waals surface area (Å²) in [6.45, 7) is 4.54. The second-order valence-electron chi connectivity index (χ2n) is 7.59. The summed E-state index contributed by atoms with van der Waals surface area (Å²) < 4.78 is 2.35. The third-order valence-corrected chi connectivity index (χ3v) is 5.35. The molecule has 0 aliphatic rings. The lowest BCUT2D eigenvalue weighted by molar-refractivity contribution is 0.670. The number of nitrogens with one attached hydrogen (secondary N) is 2. The molecule has 0 amide bonds. The molecule has 0 radical (unpaired) electrons. The van der Waals surface area contributed by atoms with Gasteiger partial charge in [0.25, 0.3) is 0 Å². The first-order valence-corrected chi connectivity index (χ1v) is 10.0. The van der Waals surface area contributed by atoms with E-state index < -0.39 is 0 Å². The van der Waals surface area contributed by atoms with Crippen LogP contribution < -0.4 is 5.32 Å². The minimum absolute atomic E-state index is 0.714. The number of hydrogen-bond donors (Lipinski definition) is 2. The first-order valence-electron chi connectivity index (χ1n) is 10.0. The van der Waals surface area contributed by atoms with Gasteiger partial charge in [-0.25, -0.2) is 4.98 Å². The molecule has 0 atom stereocenters. The van der Waals surface area contributed by atoms with Crippen molar-refractivity contribution in [3.8, 4) is 0 Å². The van der Waals surface area contributed by atoms with Crippen molar-refractivity contribution in [1.82, 2.24) is 19.9 Å². The van der Waals surface area contributed by atoms with E-state index in [1.54, 1.807) is 0 Å². The van der Waals surface area contributed by atoms with Crippen LogP contribution in [0.3, 0.4) is 0 Å². The maximum atomic E-state index is 4.65. The number of aryl methyl sites for hydroxylation is 1. The number of fused-ring (bicyclic) bond motifs is 2. The van der Waals surface area contributed by atoms with E-state index in [0.717, 1.165) is 29.9 Å². The van der Waals surface area contributed by atoms with E-state index in [1.807, 2.05) is 18.2 Å². The Hall–Kier alpha value is -3.37. The van der Waals surface area contributed by atoms with E-state index in [-0.39, 0.29) is 0 Å². The van der Waals surface area contributed by atoms with Gasteiger partial charge in [-0.1, -0.05) is 60.2 Å². The maximum Gasteiger partial charge on any atom is 0.121 e. The summed E-state index contributed by atoms with van der Waals surface area (Å²) in [5.74, 6) is 0.967. The number of para-hydroxylation sites is 3. The van der Waals surface area contributed by atoms with Crippen molar-refractivity contribution in [2.75, 3.05) is 0 Å². The van der Waals surface area contributed by atoms with Crippen LogP contribution in [0.5, 0.6) is 0 Å². The number of hydrogen-bond acceptors (Lipinski definition) is 2. The second-order valence-corrected chi connectivity index (χ2v) is 7.59. The average Bonchev–Trinajstić information content (AvgIpc) is 3.30. The molecule has 0 saturated carbocycles. The van der Waals surface area contributed by atoms with Gasteiger partial charge in [-0.3, -0.25) is 0 Å². The molecule has 29 heavy (non-hydrogen) atoms. The number of benzene rings is 3. The number of H-pyrrole nitrogens is 1. The molecule has 0 unspecified atom stereocenters. The van der Waals surface area contributed by atoms with Gasteiger partial charge in [-0.2, -0.15) is 0 Å². The van der Waals surface area contributed by atoms with Gasteiger partial charge < -0.3 is 14.9 Å². The summed E-state index contributed by atoms with van der Waals surface area (Å²) in [6.07, 6.45) is 2.28. The molecule has 0 saturated heterocycles. The van der Waals surface area contributed by atoms with Gasteiger partial charge in [0, 0.05) is 30.2 Å². The Bertz CT molecular complexity index is 1250. The highest BCUT2D eigenvalue weighted by molar-refractivity contribution is 5.84. The average molecular weight is 380 g/mol. The molecular weight excluding hydrogens is 356 g/mol. The highest BCUT2D eigenvalue weighted by Crippen LogP contribution is 2.23. The molecule has 2 aromatic heterocycles. The molecule has 4 heteroatoms. The molecule has 4 nitrogen and oxygen atoms in total. The third kappa shape index (κ3) is 3.67. The lowest BCUT2D eigenvalue weighted by Crippen LogP contribution is -2.13. The first-order chi connectivity index (χ1) is 14.3. The number of rotatable bonds is 6. The summed E-state index contributed by atoms with van der Waals surface area (Å²) in [5.41, 5.74) is 7.30. The number of nitrogens with zero attached hydrogens (tertiary/aromatic N) is 2. The summed E-state index contributed by atoms with van der Waals surface area (Å²) in [5, 5.41) is 4.85. The van der Waals surface area contributed by atoms with E-state index in [1.165, 1.54) is 27.6 Å². The minimum Gasteiger partial charge on any atom is -0.343 e. The predicted octanol–water partition coefficient (Wildman–Crippen LogP) is 5.16. The molecule has 3 aromatic carbocycles. The smallest absolute Gasteiger partial charge is 0.121 e. The van der Waals surface area contributed by atoms with E-state index >= 15 is 0 Å². The standard InChI is InChI=1S/C25H24N4/c1-18-7-6-8-19(13-18)16-29-17-20(21-9-2-5-12-24(21)29)14-26-15-25-27-22-10-3-4-11-23(22)28-25/h2-13,17,26H,14-16H2,1H3,(H,27,28). The zero-order chi connectivity index (χ0) is 19.6. The third-order valence-electron chi connectivity index (χ3n) is 5.35. The van der Waals surface area contributed by atoms with Crippen LogP contribution in [0.1, 0.15) is 22.5 Å². The van der Waals surface area contributed by atoms with Gasteiger partial charge in [-0.15, -0.1) is 0 Å². The summed E-state index contributed by atoms with van der Waals surface area (Å²) >= 11 is 0. The van der Waals surface area contributed by atoms with Gasteiger partial charge in [-0.05, 0) is 36.2 Å². The van der Waals surface area contributed by atoms with Crippen LogP contribution in [0.2, 0.25) is 0 Å². The fraction of sp³-hybridized carbons (Fsp3) is 0.160. The highest BCUT2D eigenvalue weighted by Gasteiger charge is 2.09. The molecule has 0 fully saturated rings. The largest absolute Gasteiger partial charge is 0.343 e. The lowest BCUT2D eigenvalue weighted by atomic mass is 10.1. The van der Waals surface area contributed by atoms with Gasteiger partial charge in [0.1, 0.15) is 5.82 Å². The van der Waals surface area contributed by atoms with Crippen molar-refractivity contribution in [3.63, 3.8) is 0 Å². The number of aromatic nitrogens is 3. The van der Waals surface area contributed by atoms with Gasteiger partial charge in [0.2, 0.25) is 0 Å². The molecule has 0 bridgehead atoms. The Balaban J connectivity index is 1.35. The minimum atomic E-state index is 0.714. The van der Waals surface area contributed by atoms with Crippen molar-refractivity contribution in [3.05, 3.63) is 102 Å². The van der Waals surface area contributed by atoms with Crippen LogP contribution in [0.25, 0.3) is 21.9 Å². The predicted molar refractivity (Wildman–Crippen MR) is 119 cm³/mol. The SMILES string of the molecule is Cc1cccc(Cn2cc(CNCc3nc4ccccc4[nH]3)c3ccccc32)c1. The maximum absolute atomic E-state index is 4.65. The molecule has 144 valence electrons. The fourth-order valence-electron chi connectivity index (χ4n) is 4.01. The zero-order valence-electron chi connectivity index (χ0n) is 16.5. The fourth-order valence-corrected chi connectivity index (χ4v) is 4.01. The van der Waals surface area contributed by atoms with E-state index in [4.69, 9.17) is 0 Å². The summed E-state index contributed by atoms with van der Waals surface area (Å²) in [6, 6.07) is 25.5. The highest BCUT2D eigenvalue weighted by atomic mass is 15.0. The summed E-state index contributed by atoms with van der Waals surface area (Å²) in [4.78, 5) is 8.04. The molecule has 2 heterocycles. The number of aromatic amines is 1. The molecule has 5 aromatic rings. The first kappa shape index (κ1) is 17.7. The van der Waals surface area contributed by atoms with E-state index in [0.29, 0.717) is 6.54 Å². The second kappa shape index (κ2) is 7.57. The lowest BCUT2D eigenvalue weighted by Gasteiger charge is -2.06. The van der Waals surface area contributed by atoms with Crippen LogP contribution in [0.15, 0.2) is 79.0 Å². The quantitative estimate of drug-likeness (QED) is 0.427. The normalized spacial score (nSPS) is 11.5. The van der Waals surface area contributed by atoms with Crippen molar-refractivity contribution >= 4 is 21.9 Å². The Kier molecular flexibility index (Phi) is 4.62. The Labute approximate surface area is 170 Å². The Morgan fingerprint density at radius 1 is 0.931 bits per heavy atom. The van der Waals surface area contributed by atoms with Crippen molar-refractivity contribution in [2.45, 2.75) is 26.6 Å². The van der Waals surface area contributed by atoms with E-state index in [9.17, 15) is 0 Å². The molecular formula is C25H24N4. The Morgan fingerprint density at radius 3 is 2.69 bits per heavy atom. The van der Waals surface area contributed by atoms with Crippen LogP contribution in [-0.4, -0.2) is 14.5 Å². The molecule has 2 N–H and O–H groups in total. The topological polar surface area (TPSA) is 45.6 Å². The van der Waals surface area contributed by atoms with Crippen molar-refractivity contribution in [2.24, 2.45) is 0 Å². The van der Waals surface area contributed by atoms with Crippen LogP contribution in [0.4, 0.5) is 0 Å². The van der Waals surface area contributed by atoms with Gasteiger partial charge in [0.15, 0.2) is 0 Å². The van der Waals surface area contributed by atoms with Gasteiger partial charge in [0.05, 0.1) is 17.6 Å². The van der Waals surface area contributed by atoms with E-state index in [2.05, 4.69) is 87.6 Å². The van der Waals surface area contributed by atoms with Crippen molar-refractivity contribution in [1.29, 1.82) is 0 Å². The molecule has 5 rings (SSSR count). The molecule has 0 aliphatic carbocycles. The van der Waals surface area contributed by atoms with Crippen LogP contribution in [0, 0.1) is 6.92 Å². The zero-order valence-corrected chi connectivity index (χ0v) is 16.5. The van der Waals surface area contributed by atoms with Crippen LogP contribution in [-0.2, 0) is 19.6 Å².